The molecule has 3 amide bonds. The molecule has 33 heavy (non-hydrogen) atoms. The number of nitrogens with one attached hydrogen (secondary N) is 1. The number of carbonyl (C=O) groups is 2. The molecule has 0 bridgehead atoms. The molecule has 3 aromatic carbocycles. The monoisotopic (exact) mass is 438 g/mol. The van der Waals surface area contributed by atoms with E-state index >= 15 is 0 Å². The molecule has 0 spiro atoms. The Bertz CT molecular complexity index is 1400. The zero-order chi connectivity index (χ0) is 23.2. The fourth-order valence-corrected chi connectivity index (χ4v) is 4.44. The van der Waals surface area contributed by atoms with E-state index in [2.05, 4.69) is 5.32 Å². The summed E-state index contributed by atoms with van der Waals surface area (Å²) in [5.41, 5.74) is 2.48. The van der Waals surface area contributed by atoms with Crippen molar-refractivity contribution >= 4 is 22.9 Å². The number of carbonyl (C=O) groups excluding carboxylic acids is 2. The molecule has 0 radical (unpaired) electrons. The zero-order valence-corrected chi connectivity index (χ0v) is 18.3. The van der Waals surface area contributed by atoms with Crippen LogP contribution in [0.1, 0.15) is 27.8 Å². The van der Waals surface area contributed by atoms with Crippen LogP contribution in [0.25, 0.3) is 11.0 Å². The minimum absolute atomic E-state index is 0.0450. The van der Waals surface area contributed by atoms with E-state index in [1.54, 1.807) is 6.07 Å². The second-order valence-corrected chi connectivity index (χ2v) is 8.33. The molecule has 6 heteroatoms. The summed E-state index contributed by atoms with van der Waals surface area (Å²) in [5, 5.41) is 3.64. The number of urea groups is 1. The van der Waals surface area contributed by atoms with Gasteiger partial charge in [-0.05, 0) is 53.8 Å². The third-order valence-electron chi connectivity index (χ3n) is 6.29. The van der Waals surface area contributed by atoms with Gasteiger partial charge in [-0.3, -0.25) is 9.69 Å². The number of rotatable bonds is 4. The smallest absolute Gasteiger partial charge is 0.336 e. The standard InChI is InChI=1S/C27H22N2O4/c1-17-13-22-19(15-24(30)33-23(22)14-18(17)2)16-29-25(31)27(28-26(29)32,20-9-5-3-6-10-20)21-11-7-4-8-12-21/h3-15H,16H2,1-2H3,(H,28,32). The molecular weight excluding hydrogens is 416 g/mol. The number of hydrogen-bond donors (Lipinski definition) is 1. The van der Waals surface area contributed by atoms with Gasteiger partial charge in [0.05, 0.1) is 6.54 Å². The summed E-state index contributed by atoms with van der Waals surface area (Å²) in [6.45, 7) is 3.86. The Morgan fingerprint density at radius 2 is 1.39 bits per heavy atom. The summed E-state index contributed by atoms with van der Waals surface area (Å²) in [6.07, 6.45) is 0. The van der Waals surface area contributed by atoms with Crippen LogP contribution < -0.4 is 10.9 Å². The zero-order valence-electron chi connectivity index (χ0n) is 18.3. The molecule has 1 aliphatic heterocycles. The molecule has 0 unspecified atom stereocenters. The molecule has 1 aliphatic rings. The van der Waals surface area contributed by atoms with E-state index in [1.807, 2.05) is 80.6 Å². The molecule has 1 N–H and O–H groups in total. The summed E-state index contributed by atoms with van der Waals surface area (Å²) in [4.78, 5) is 40.5. The van der Waals surface area contributed by atoms with Crippen LogP contribution in [0.15, 0.2) is 88.1 Å². The quantitative estimate of drug-likeness (QED) is 0.378. The number of fused-ring (bicyclic) bond motifs is 1. The third kappa shape index (κ3) is 3.31. The van der Waals surface area contributed by atoms with Gasteiger partial charge in [0, 0.05) is 11.5 Å². The van der Waals surface area contributed by atoms with E-state index in [0.29, 0.717) is 27.7 Å². The maximum absolute atomic E-state index is 13.9. The molecule has 4 aromatic rings. The minimum Gasteiger partial charge on any atom is -0.423 e. The highest BCUT2D eigenvalue weighted by atomic mass is 16.4. The van der Waals surface area contributed by atoms with Crippen molar-refractivity contribution in [3.63, 3.8) is 0 Å². The Morgan fingerprint density at radius 3 is 2.00 bits per heavy atom. The van der Waals surface area contributed by atoms with Crippen LogP contribution in [0.5, 0.6) is 0 Å². The minimum atomic E-state index is -1.35. The average Bonchev–Trinajstić information content (AvgIpc) is 3.07. The van der Waals surface area contributed by atoms with E-state index in [4.69, 9.17) is 4.42 Å². The van der Waals surface area contributed by atoms with Crippen LogP contribution in [-0.2, 0) is 16.9 Å². The second kappa shape index (κ2) is 7.74. The number of imide groups is 1. The van der Waals surface area contributed by atoms with Gasteiger partial charge in [0.25, 0.3) is 5.91 Å². The first-order valence-electron chi connectivity index (χ1n) is 10.7. The van der Waals surface area contributed by atoms with Crippen molar-refractivity contribution < 1.29 is 14.0 Å². The highest BCUT2D eigenvalue weighted by Crippen LogP contribution is 2.37. The van der Waals surface area contributed by atoms with Crippen molar-refractivity contribution in [2.75, 3.05) is 0 Å². The molecule has 1 saturated heterocycles. The van der Waals surface area contributed by atoms with Crippen molar-refractivity contribution in [1.29, 1.82) is 0 Å². The van der Waals surface area contributed by atoms with Gasteiger partial charge >= 0.3 is 11.7 Å². The van der Waals surface area contributed by atoms with E-state index < -0.39 is 23.1 Å². The van der Waals surface area contributed by atoms with Gasteiger partial charge in [-0.2, -0.15) is 0 Å². The van der Waals surface area contributed by atoms with Crippen LogP contribution in [0.4, 0.5) is 4.79 Å². The maximum Gasteiger partial charge on any atom is 0.336 e. The highest BCUT2D eigenvalue weighted by Gasteiger charge is 2.53. The van der Waals surface area contributed by atoms with Crippen LogP contribution in [-0.4, -0.2) is 16.8 Å². The largest absolute Gasteiger partial charge is 0.423 e. The topological polar surface area (TPSA) is 79.6 Å². The maximum atomic E-state index is 13.9. The predicted molar refractivity (Wildman–Crippen MR) is 125 cm³/mol. The number of benzene rings is 3. The summed E-state index contributed by atoms with van der Waals surface area (Å²) in [6, 6.07) is 22.9. The van der Waals surface area contributed by atoms with Crippen molar-refractivity contribution in [1.82, 2.24) is 10.2 Å². The fraction of sp³-hybridized carbons (Fsp3) is 0.148. The van der Waals surface area contributed by atoms with Crippen LogP contribution in [0.2, 0.25) is 0 Å². The first-order valence-corrected chi connectivity index (χ1v) is 10.7. The predicted octanol–water partition coefficient (Wildman–Crippen LogP) is 4.41. The van der Waals surface area contributed by atoms with E-state index in [0.717, 1.165) is 11.1 Å². The van der Waals surface area contributed by atoms with Crippen molar-refractivity contribution in [2.24, 2.45) is 0 Å². The molecule has 164 valence electrons. The van der Waals surface area contributed by atoms with Gasteiger partial charge in [-0.25, -0.2) is 9.59 Å². The van der Waals surface area contributed by atoms with Gasteiger partial charge in [-0.1, -0.05) is 60.7 Å². The second-order valence-electron chi connectivity index (χ2n) is 8.33. The Balaban J connectivity index is 1.63. The van der Waals surface area contributed by atoms with E-state index in [9.17, 15) is 14.4 Å². The number of amides is 3. The first-order chi connectivity index (χ1) is 15.9. The van der Waals surface area contributed by atoms with Gasteiger partial charge in [-0.15, -0.1) is 0 Å². The van der Waals surface area contributed by atoms with Crippen molar-refractivity contribution in [3.05, 3.63) is 117 Å². The summed E-state index contributed by atoms with van der Waals surface area (Å²) in [7, 11) is 0. The summed E-state index contributed by atoms with van der Waals surface area (Å²) >= 11 is 0. The Hall–Kier alpha value is -4.19. The van der Waals surface area contributed by atoms with Crippen LogP contribution in [0, 0.1) is 13.8 Å². The summed E-state index contributed by atoms with van der Waals surface area (Å²) in [5.74, 6) is -0.393. The van der Waals surface area contributed by atoms with Crippen LogP contribution in [0.3, 0.4) is 0 Å². The lowest BCUT2D eigenvalue weighted by Gasteiger charge is -2.28. The van der Waals surface area contributed by atoms with Gasteiger partial charge in [0.15, 0.2) is 5.54 Å². The Kier molecular flexibility index (Phi) is 4.86. The van der Waals surface area contributed by atoms with Crippen LogP contribution >= 0.6 is 0 Å². The number of hydrogen-bond acceptors (Lipinski definition) is 4. The lowest BCUT2D eigenvalue weighted by molar-refractivity contribution is -0.130. The lowest BCUT2D eigenvalue weighted by Crippen LogP contribution is -2.45. The molecule has 0 atom stereocenters. The van der Waals surface area contributed by atoms with Crippen molar-refractivity contribution in [3.8, 4) is 0 Å². The Morgan fingerprint density at radius 1 is 0.818 bits per heavy atom. The number of aryl methyl sites for hydroxylation is 2. The molecule has 6 nitrogen and oxygen atoms in total. The normalized spacial score (nSPS) is 15.2. The Labute approximate surface area is 190 Å². The fourth-order valence-electron chi connectivity index (χ4n) is 4.44. The third-order valence-corrected chi connectivity index (χ3v) is 6.29. The number of nitrogens with zero attached hydrogens (tertiary/aromatic N) is 1. The molecule has 1 aromatic heterocycles. The van der Waals surface area contributed by atoms with Crippen molar-refractivity contribution in [2.45, 2.75) is 25.9 Å². The van der Waals surface area contributed by atoms with Gasteiger partial charge in [0.2, 0.25) is 0 Å². The highest BCUT2D eigenvalue weighted by molar-refractivity contribution is 6.09. The van der Waals surface area contributed by atoms with Gasteiger partial charge < -0.3 is 9.73 Å². The molecule has 1 fully saturated rings. The molecule has 2 heterocycles. The average molecular weight is 438 g/mol. The first kappa shape index (κ1) is 20.7. The van der Waals surface area contributed by atoms with Gasteiger partial charge in [0.1, 0.15) is 5.58 Å². The molecule has 5 rings (SSSR count). The molecule has 0 saturated carbocycles. The molecular formula is C27H22N2O4. The van der Waals surface area contributed by atoms with E-state index in [-0.39, 0.29) is 6.54 Å². The SMILES string of the molecule is Cc1cc2oc(=O)cc(CN3C(=O)NC(c4ccccc4)(c4ccccc4)C3=O)c2cc1C. The molecule has 0 aliphatic carbocycles. The lowest BCUT2D eigenvalue weighted by atomic mass is 9.82. The summed E-state index contributed by atoms with van der Waals surface area (Å²) < 4.78 is 5.38. The van der Waals surface area contributed by atoms with E-state index in [1.165, 1.54) is 11.0 Å².